The standard InChI is InChI=1S/C7H15NO2/c1-7(2,6(9)10)8(3,4)5/h1-5H3/p+1. The molecule has 1 N–H and O–H groups in total. The average molecular weight is 146 g/mol. The Kier molecular flexibility index (Phi) is 2.11. The third-order valence-electron chi connectivity index (χ3n) is 2.20. The molecule has 0 aliphatic rings. The van der Waals surface area contributed by atoms with E-state index in [2.05, 4.69) is 0 Å². The highest BCUT2D eigenvalue weighted by atomic mass is 16.4. The summed E-state index contributed by atoms with van der Waals surface area (Å²) in [6.07, 6.45) is 0. The van der Waals surface area contributed by atoms with Crippen LogP contribution in [0.15, 0.2) is 0 Å². The van der Waals surface area contributed by atoms with Crippen molar-refractivity contribution in [2.24, 2.45) is 0 Å². The van der Waals surface area contributed by atoms with E-state index in [-0.39, 0.29) is 0 Å². The van der Waals surface area contributed by atoms with Crippen molar-refractivity contribution in [3.8, 4) is 0 Å². The first kappa shape index (κ1) is 9.43. The minimum absolute atomic E-state index is 0.433. The maximum Gasteiger partial charge on any atom is 0.365 e. The lowest BCUT2D eigenvalue weighted by atomic mass is 10.0. The van der Waals surface area contributed by atoms with Crippen molar-refractivity contribution < 1.29 is 14.4 Å². The molecule has 0 spiro atoms. The topological polar surface area (TPSA) is 37.3 Å². The van der Waals surface area contributed by atoms with E-state index in [1.54, 1.807) is 13.8 Å². The molecule has 0 aliphatic heterocycles. The van der Waals surface area contributed by atoms with Crippen LogP contribution in [0.2, 0.25) is 0 Å². The van der Waals surface area contributed by atoms with E-state index >= 15 is 0 Å². The molecule has 60 valence electrons. The summed E-state index contributed by atoms with van der Waals surface area (Å²) in [5.74, 6) is -0.764. The van der Waals surface area contributed by atoms with Gasteiger partial charge < -0.3 is 9.59 Å². The summed E-state index contributed by atoms with van der Waals surface area (Å²) in [5.41, 5.74) is -0.708. The Morgan fingerprint density at radius 2 is 1.60 bits per heavy atom. The van der Waals surface area contributed by atoms with Crippen LogP contribution in [0.25, 0.3) is 0 Å². The van der Waals surface area contributed by atoms with Crippen LogP contribution in [0.5, 0.6) is 0 Å². The third-order valence-corrected chi connectivity index (χ3v) is 2.20. The molecule has 3 nitrogen and oxygen atoms in total. The van der Waals surface area contributed by atoms with Gasteiger partial charge in [-0.2, -0.15) is 0 Å². The Labute approximate surface area is 61.9 Å². The largest absolute Gasteiger partial charge is 0.477 e. The molecule has 0 fully saturated rings. The first-order chi connectivity index (χ1) is 4.19. The van der Waals surface area contributed by atoms with E-state index in [0.29, 0.717) is 4.48 Å². The highest BCUT2D eigenvalue weighted by Crippen LogP contribution is 2.16. The SMILES string of the molecule is CC(C)(C(=O)O)[N+](C)(C)C. The summed E-state index contributed by atoms with van der Waals surface area (Å²) in [5, 5.41) is 8.76. The number of likely N-dealkylation sites (N-methyl/N-ethyl adjacent to an activating group) is 1. The number of carboxylic acid groups (broad SMARTS) is 1. The first-order valence-electron chi connectivity index (χ1n) is 3.24. The van der Waals surface area contributed by atoms with Gasteiger partial charge >= 0.3 is 5.97 Å². The van der Waals surface area contributed by atoms with Crippen molar-refractivity contribution in [3.05, 3.63) is 0 Å². The minimum Gasteiger partial charge on any atom is -0.477 e. The molecular weight excluding hydrogens is 130 g/mol. The Bertz CT molecular complexity index is 144. The normalized spacial score (nSPS) is 13.3. The molecule has 0 amide bonds. The molecule has 3 heteroatoms. The van der Waals surface area contributed by atoms with Gasteiger partial charge in [-0.1, -0.05) is 0 Å². The van der Waals surface area contributed by atoms with Crippen LogP contribution in [0.1, 0.15) is 13.8 Å². The van der Waals surface area contributed by atoms with Crippen LogP contribution >= 0.6 is 0 Å². The van der Waals surface area contributed by atoms with E-state index in [0.717, 1.165) is 0 Å². The second-order valence-electron chi connectivity index (χ2n) is 3.88. The second kappa shape index (κ2) is 2.23. The van der Waals surface area contributed by atoms with E-state index in [4.69, 9.17) is 5.11 Å². The third kappa shape index (κ3) is 1.48. The Morgan fingerprint density at radius 3 is 1.60 bits per heavy atom. The zero-order valence-corrected chi connectivity index (χ0v) is 7.30. The van der Waals surface area contributed by atoms with Crippen molar-refractivity contribution >= 4 is 5.97 Å². The van der Waals surface area contributed by atoms with Crippen LogP contribution < -0.4 is 0 Å². The summed E-state index contributed by atoms with van der Waals surface area (Å²) in [6, 6.07) is 0. The Hall–Kier alpha value is -0.570. The Balaban J connectivity index is 4.57. The lowest BCUT2D eigenvalue weighted by molar-refractivity contribution is -0.909. The number of carboxylic acids is 1. The molecule has 10 heavy (non-hydrogen) atoms. The zero-order valence-electron chi connectivity index (χ0n) is 7.30. The number of aliphatic carboxylic acids is 1. The lowest BCUT2D eigenvalue weighted by Crippen LogP contribution is -2.57. The molecule has 0 aromatic rings. The monoisotopic (exact) mass is 146 g/mol. The zero-order chi connectivity index (χ0) is 8.58. The van der Waals surface area contributed by atoms with E-state index < -0.39 is 11.5 Å². The van der Waals surface area contributed by atoms with Gasteiger partial charge in [0.2, 0.25) is 0 Å². The fraction of sp³-hybridized carbons (Fsp3) is 0.857. The van der Waals surface area contributed by atoms with Gasteiger partial charge in [0.05, 0.1) is 21.1 Å². The average Bonchev–Trinajstić information content (AvgIpc) is 1.62. The highest BCUT2D eigenvalue weighted by Gasteiger charge is 2.40. The molecule has 0 aliphatic carbocycles. The fourth-order valence-electron chi connectivity index (χ4n) is 0.287. The van der Waals surface area contributed by atoms with Gasteiger partial charge in [0, 0.05) is 13.8 Å². The van der Waals surface area contributed by atoms with Crippen molar-refractivity contribution in [3.63, 3.8) is 0 Å². The Morgan fingerprint density at radius 1 is 1.30 bits per heavy atom. The predicted molar refractivity (Wildman–Crippen MR) is 39.7 cm³/mol. The molecule has 0 aromatic carbocycles. The van der Waals surface area contributed by atoms with Gasteiger partial charge in [0.15, 0.2) is 5.54 Å². The highest BCUT2D eigenvalue weighted by molar-refractivity contribution is 5.76. The molecule has 0 atom stereocenters. The fourth-order valence-corrected chi connectivity index (χ4v) is 0.287. The summed E-state index contributed by atoms with van der Waals surface area (Å²) in [6.45, 7) is 3.44. The van der Waals surface area contributed by atoms with E-state index in [1.807, 2.05) is 21.1 Å². The molecular formula is C7H16NO2+. The maximum absolute atomic E-state index is 10.7. The van der Waals surface area contributed by atoms with Crippen LogP contribution in [0.3, 0.4) is 0 Å². The van der Waals surface area contributed by atoms with E-state index in [9.17, 15) is 4.79 Å². The summed E-state index contributed by atoms with van der Waals surface area (Å²) in [4.78, 5) is 10.7. The van der Waals surface area contributed by atoms with Gasteiger partial charge in [-0.15, -0.1) is 0 Å². The number of quaternary nitrogens is 1. The summed E-state index contributed by atoms with van der Waals surface area (Å²) < 4.78 is 0.433. The molecule has 0 saturated carbocycles. The number of hydrogen-bond donors (Lipinski definition) is 1. The molecule has 0 bridgehead atoms. The van der Waals surface area contributed by atoms with Crippen molar-refractivity contribution in [1.29, 1.82) is 0 Å². The summed E-state index contributed by atoms with van der Waals surface area (Å²) >= 11 is 0. The van der Waals surface area contributed by atoms with Gasteiger partial charge in [-0.3, -0.25) is 0 Å². The predicted octanol–water partition coefficient (Wildman–Crippen LogP) is 0.556. The molecule has 0 radical (unpaired) electrons. The van der Waals surface area contributed by atoms with Crippen molar-refractivity contribution in [2.75, 3.05) is 21.1 Å². The first-order valence-corrected chi connectivity index (χ1v) is 3.24. The van der Waals surface area contributed by atoms with Crippen LogP contribution in [0.4, 0.5) is 0 Å². The summed E-state index contributed by atoms with van der Waals surface area (Å²) in [7, 11) is 5.61. The van der Waals surface area contributed by atoms with Gasteiger partial charge in [0.1, 0.15) is 0 Å². The molecule has 0 heterocycles. The quantitative estimate of drug-likeness (QED) is 0.578. The van der Waals surface area contributed by atoms with Gasteiger partial charge in [-0.05, 0) is 0 Å². The van der Waals surface area contributed by atoms with Crippen LogP contribution in [0, 0.1) is 0 Å². The maximum atomic E-state index is 10.7. The van der Waals surface area contributed by atoms with Gasteiger partial charge in [0.25, 0.3) is 0 Å². The molecule has 0 saturated heterocycles. The van der Waals surface area contributed by atoms with Crippen LogP contribution in [-0.4, -0.2) is 42.2 Å². The number of nitrogens with zero attached hydrogens (tertiary/aromatic N) is 1. The second-order valence-corrected chi connectivity index (χ2v) is 3.88. The molecule has 0 aromatic heterocycles. The van der Waals surface area contributed by atoms with Crippen LogP contribution in [-0.2, 0) is 4.79 Å². The van der Waals surface area contributed by atoms with Crippen molar-refractivity contribution in [1.82, 2.24) is 0 Å². The number of rotatable bonds is 2. The molecule has 0 unspecified atom stereocenters. The smallest absolute Gasteiger partial charge is 0.365 e. The van der Waals surface area contributed by atoms with Gasteiger partial charge in [-0.25, -0.2) is 4.79 Å². The lowest BCUT2D eigenvalue weighted by Gasteiger charge is -2.37. The molecule has 0 rings (SSSR count). The number of carbonyl (C=O) groups is 1. The van der Waals surface area contributed by atoms with Crippen molar-refractivity contribution in [2.45, 2.75) is 19.4 Å². The number of hydrogen-bond acceptors (Lipinski definition) is 1. The van der Waals surface area contributed by atoms with E-state index in [1.165, 1.54) is 0 Å². The minimum atomic E-state index is -0.764.